The Morgan fingerprint density at radius 3 is 2.54 bits per heavy atom. The average molecular weight is 380 g/mol. The molecule has 4 rings (SSSR count). The normalized spacial score (nSPS) is 14.6. The van der Waals surface area contributed by atoms with Crippen molar-refractivity contribution in [3.05, 3.63) is 53.0 Å². The van der Waals surface area contributed by atoms with Crippen LogP contribution in [0, 0.1) is 6.92 Å². The van der Waals surface area contributed by atoms with Crippen molar-refractivity contribution in [2.75, 3.05) is 49.7 Å². The monoisotopic (exact) mass is 380 g/mol. The van der Waals surface area contributed by atoms with E-state index in [4.69, 9.17) is 4.74 Å². The zero-order valence-corrected chi connectivity index (χ0v) is 16.2. The highest BCUT2D eigenvalue weighted by Gasteiger charge is 2.20. The molecule has 1 aliphatic heterocycles. The first-order chi connectivity index (χ1) is 13.7. The van der Waals surface area contributed by atoms with E-state index in [2.05, 4.69) is 24.8 Å². The Bertz CT molecular complexity index is 1030. The molecule has 1 aliphatic rings. The Morgan fingerprint density at radius 2 is 1.79 bits per heavy atom. The van der Waals surface area contributed by atoms with Gasteiger partial charge in [0, 0.05) is 51.4 Å². The molecule has 0 bridgehead atoms. The minimum absolute atomic E-state index is 0.0310. The second-order valence-electron chi connectivity index (χ2n) is 6.88. The molecular weight excluding hydrogens is 356 g/mol. The minimum Gasteiger partial charge on any atom is -0.383 e. The molecule has 0 unspecified atom stereocenters. The maximum absolute atomic E-state index is 12.6. The lowest BCUT2D eigenvalue weighted by Gasteiger charge is -2.37. The number of aromatic nitrogens is 4. The van der Waals surface area contributed by atoms with Crippen LogP contribution in [-0.4, -0.2) is 59.4 Å². The van der Waals surface area contributed by atoms with E-state index in [0.29, 0.717) is 18.5 Å². The van der Waals surface area contributed by atoms with Gasteiger partial charge >= 0.3 is 0 Å². The first kappa shape index (κ1) is 18.4. The van der Waals surface area contributed by atoms with Crippen molar-refractivity contribution in [3.8, 4) is 0 Å². The van der Waals surface area contributed by atoms with E-state index < -0.39 is 0 Å². The highest BCUT2D eigenvalue weighted by atomic mass is 16.5. The van der Waals surface area contributed by atoms with Gasteiger partial charge in [-0.15, -0.1) is 0 Å². The molecule has 1 fully saturated rings. The number of aryl methyl sites for hydroxylation is 1. The minimum atomic E-state index is -0.0310. The van der Waals surface area contributed by atoms with E-state index in [9.17, 15) is 4.79 Å². The topological polar surface area (TPSA) is 76.4 Å². The molecule has 0 saturated carbocycles. The highest BCUT2D eigenvalue weighted by Crippen LogP contribution is 2.22. The van der Waals surface area contributed by atoms with Gasteiger partial charge in [-0.2, -0.15) is 0 Å². The van der Waals surface area contributed by atoms with Crippen molar-refractivity contribution in [2.24, 2.45) is 0 Å². The number of fused-ring (bicyclic) bond motifs is 1. The lowest BCUT2D eigenvalue weighted by atomic mass is 10.2. The number of hydrogen-bond acceptors (Lipinski definition) is 7. The number of benzene rings is 1. The van der Waals surface area contributed by atoms with Crippen molar-refractivity contribution in [2.45, 2.75) is 13.5 Å². The number of rotatable bonds is 5. The third kappa shape index (κ3) is 3.55. The van der Waals surface area contributed by atoms with Crippen LogP contribution in [0.2, 0.25) is 0 Å². The predicted molar refractivity (Wildman–Crippen MR) is 109 cm³/mol. The van der Waals surface area contributed by atoms with Crippen molar-refractivity contribution >= 4 is 22.4 Å². The third-order valence-corrected chi connectivity index (χ3v) is 5.14. The number of anilines is 2. The van der Waals surface area contributed by atoms with Crippen LogP contribution in [-0.2, 0) is 11.3 Å². The fourth-order valence-electron chi connectivity index (χ4n) is 3.58. The van der Waals surface area contributed by atoms with Gasteiger partial charge in [0.25, 0.3) is 5.56 Å². The third-order valence-electron chi connectivity index (χ3n) is 5.14. The summed E-state index contributed by atoms with van der Waals surface area (Å²) in [4.78, 5) is 30.5. The largest absolute Gasteiger partial charge is 0.383 e. The Kier molecular flexibility index (Phi) is 5.21. The second-order valence-corrected chi connectivity index (χ2v) is 6.88. The maximum atomic E-state index is 12.6. The summed E-state index contributed by atoms with van der Waals surface area (Å²) in [5.74, 6) is 0.957. The fourth-order valence-corrected chi connectivity index (χ4v) is 3.58. The molecule has 2 aromatic heterocycles. The van der Waals surface area contributed by atoms with Crippen molar-refractivity contribution in [1.29, 1.82) is 0 Å². The first-order valence-corrected chi connectivity index (χ1v) is 9.43. The molecule has 3 heterocycles. The standard InChI is InChI=1S/C20H24N6O2/c1-15-19(22-6-5-21-15)25-9-7-24(8-10-25)16-3-4-17-18(13-16)23-14-26(20(17)27)11-12-28-2/h3-6,13-14H,7-12H2,1-2H3. The summed E-state index contributed by atoms with van der Waals surface area (Å²) >= 11 is 0. The van der Waals surface area contributed by atoms with Gasteiger partial charge in [-0.3, -0.25) is 14.3 Å². The fraction of sp³-hybridized carbons (Fsp3) is 0.400. The summed E-state index contributed by atoms with van der Waals surface area (Å²) in [7, 11) is 1.62. The summed E-state index contributed by atoms with van der Waals surface area (Å²) in [6.45, 7) is 6.50. The van der Waals surface area contributed by atoms with Gasteiger partial charge in [0.2, 0.25) is 0 Å². The maximum Gasteiger partial charge on any atom is 0.261 e. The number of methoxy groups -OCH3 is 1. The molecular formula is C20H24N6O2. The Hall–Kier alpha value is -3.00. The molecule has 1 saturated heterocycles. The molecule has 146 valence electrons. The number of ether oxygens (including phenoxy) is 1. The highest BCUT2D eigenvalue weighted by molar-refractivity contribution is 5.81. The molecule has 0 amide bonds. The number of nitrogens with zero attached hydrogens (tertiary/aromatic N) is 6. The van der Waals surface area contributed by atoms with Crippen LogP contribution < -0.4 is 15.4 Å². The summed E-state index contributed by atoms with van der Waals surface area (Å²) in [5, 5.41) is 0.635. The number of hydrogen-bond donors (Lipinski definition) is 0. The second kappa shape index (κ2) is 7.93. The summed E-state index contributed by atoms with van der Waals surface area (Å²) in [5.41, 5.74) is 2.74. The van der Waals surface area contributed by atoms with Gasteiger partial charge < -0.3 is 14.5 Å². The van der Waals surface area contributed by atoms with E-state index in [0.717, 1.165) is 48.9 Å². The zero-order valence-electron chi connectivity index (χ0n) is 16.2. The molecule has 0 atom stereocenters. The van der Waals surface area contributed by atoms with Crippen LogP contribution in [0.5, 0.6) is 0 Å². The Labute approximate surface area is 163 Å². The van der Waals surface area contributed by atoms with Gasteiger partial charge in [0.05, 0.1) is 36.1 Å². The van der Waals surface area contributed by atoms with Crippen LogP contribution in [0.25, 0.3) is 10.9 Å². The molecule has 8 heteroatoms. The van der Waals surface area contributed by atoms with Crippen molar-refractivity contribution in [3.63, 3.8) is 0 Å². The lowest BCUT2D eigenvalue weighted by molar-refractivity contribution is 0.186. The molecule has 0 radical (unpaired) electrons. The van der Waals surface area contributed by atoms with Gasteiger partial charge in [0.1, 0.15) is 5.82 Å². The molecule has 8 nitrogen and oxygen atoms in total. The summed E-state index contributed by atoms with van der Waals surface area (Å²) < 4.78 is 6.64. The van der Waals surface area contributed by atoms with Crippen LogP contribution in [0.15, 0.2) is 41.7 Å². The van der Waals surface area contributed by atoms with E-state index in [1.54, 1.807) is 30.4 Å². The van der Waals surface area contributed by atoms with Gasteiger partial charge in [-0.05, 0) is 25.1 Å². The SMILES string of the molecule is COCCn1cnc2cc(N3CCN(c4nccnc4C)CC3)ccc2c1=O. The van der Waals surface area contributed by atoms with Crippen molar-refractivity contribution in [1.82, 2.24) is 19.5 Å². The van der Waals surface area contributed by atoms with Gasteiger partial charge in [-0.25, -0.2) is 9.97 Å². The van der Waals surface area contributed by atoms with E-state index >= 15 is 0 Å². The van der Waals surface area contributed by atoms with E-state index in [-0.39, 0.29) is 5.56 Å². The molecule has 28 heavy (non-hydrogen) atoms. The van der Waals surface area contributed by atoms with Gasteiger partial charge in [0.15, 0.2) is 0 Å². The molecule has 0 aliphatic carbocycles. The lowest BCUT2D eigenvalue weighted by Crippen LogP contribution is -2.47. The van der Waals surface area contributed by atoms with E-state index in [1.165, 1.54) is 0 Å². The Morgan fingerprint density at radius 1 is 1.04 bits per heavy atom. The quantitative estimate of drug-likeness (QED) is 0.663. The molecule has 0 spiro atoms. The number of piperazine rings is 1. The van der Waals surface area contributed by atoms with Crippen LogP contribution in [0.3, 0.4) is 0 Å². The van der Waals surface area contributed by atoms with Crippen molar-refractivity contribution < 1.29 is 4.74 Å². The molecule has 0 N–H and O–H groups in total. The summed E-state index contributed by atoms with van der Waals surface area (Å²) in [6.07, 6.45) is 5.06. The Balaban J connectivity index is 1.51. The molecule has 3 aromatic rings. The smallest absolute Gasteiger partial charge is 0.261 e. The zero-order chi connectivity index (χ0) is 19.5. The first-order valence-electron chi connectivity index (χ1n) is 9.43. The summed E-state index contributed by atoms with van der Waals surface area (Å²) in [6, 6.07) is 5.89. The average Bonchev–Trinajstić information content (AvgIpc) is 2.74. The molecule has 1 aromatic carbocycles. The van der Waals surface area contributed by atoms with Crippen LogP contribution >= 0.6 is 0 Å². The predicted octanol–water partition coefficient (Wildman–Crippen LogP) is 1.47. The van der Waals surface area contributed by atoms with Crippen LogP contribution in [0.4, 0.5) is 11.5 Å². The van der Waals surface area contributed by atoms with Gasteiger partial charge in [-0.1, -0.05) is 0 Å². The van der Waals surface area contributed by atoms with E-state index in [1.807, 2.05) is 25.1 Å². The van der Waals surface area contributed by atoms with Crippen LogP contribution in [0.1, 0.15) is 5.69 Å².